The van der Waals surface area contributed by atoms with Crippen LogP contribution < -0.4 is 4.74 Å². The van der Waals surface area contributed by atoms with Crippen molar-refractivity contribution in [1.82, 2.24) is 9.97 Å². The summed E-state index contributed by atoms with van der Waals surface area (Å²) in [5.74, 6) is -0.998. The highest BCUT2D eigenvalue weighted by Crippen LogP contribution is 2.49. The van der Waals surface area contributed by atoms with E-state index in [0.717, 1.165) is 0 Å². The van der Waals surface area contributed by atoms with Crippen LogP contribution in [0.1, 0.15) is 24.0 Å². The summed E-state index contributed by atoms with van der Waals surface area (Å²) in [5, 5.41) is 0.629. The second-order valence-electron chi connectivity index (χ2n) is 8.61. The van der Waals surface area contributed by atoms with Crippen LogP contribution in [0.3, 0.4) is 0 Å². The van der Waals surface area contributed by atoms with Gasteiger partial charge >= 0.3 is 0 Å². The number of rotatable bonds is 8. The van der Waals surface area contributed by atoms with Gasteiger partial charge in [0.25, 0.3) is 0 Å². The molecule has 0 saturated heterocycles. The van der Waals surface area contributed by atoms with E-state index >= 15 is 0 Å². The highest BCUT2D eigenvalue weighted by atomic mass is 79.9. The Morgan fingerprint density at radius 3 is 2.26 bits per heavy atom. The number of hydrogen-bond donors (Lipinski definition) is 0. The van der Waals surface area contributed by atoms with Crippen molar-refractivity contribution in [3.8, 4) is 11.5 Å². The van der Waals surface area contributed by atoms with Gasteiger partial charge in [-0.15, -0.1) is 0 Å². The number of hydrogen-bond acceptors (Lipinski definition) is 5. The molecule has 0 spiro atoms. The van der Waals surface area contributed by atoms with Crippen molar-refractivity contribution in [1.29, 1.82) is 0 Å². The molecule has 0 radical (unpaired) electrons. The first-order valence-corrected chi connectivity index (χ1v) is 11.8. The maximum atomic E-state index is 14.9. The van der Waals surface area contributed by atoms with Crippen LogP contribution in [0, 0.1) is 17.0 Å². The van der Waals surface area contributed by atoms with Gasteiger partial charge in [0.05, 0.1) is 16.3 Å². The third-order valence-corrected chi connectivity index (χ3v) is 6.66. The molecule has 1 fully saturated rings. The minimum absolute atomic E-state index is 0.00476. The molecule has 2 aromatic carbocycles. The summed E-state index contributed by atoms with van der Waals surface area (Å²) in [5.41, 5.74) is 0.740. The Hall–Kier alpha value is -3.52. The van der Waals surface area contributed by atoms with E-state index in [0.29, 0.717) is 45.2 Å². The Bertz CT molecular complexity index is 1450. The lowest BCUT2D eigenvalue weighted by atomic mass is 9.88. The summed E-state index contributed by atoms with van der Waals surface area (Å²) in [6.07, 6.45) is 4.13. The molecule has 0 N–H and O–H groups in total. The van der Waals surface area contributed by atoms with Crippen LogP contribution in [0.2, 0.25) is 0 Å². The van der Waals surface area contributed by atoms with E-state index in [-0.39, 0.29) is 36.0 Å². The van der Waals surface area contributed by atoms with Gasteiger partial charge < -0.3 is 4.74 Å². The van der Waals surface area contributed by atoms with Gasteiger partial charge in [-0.3, -0.25) is 14.6 Å². The fourth-order valence-corrected chi connectivity index (χ4v) is 4.41. The van der Waals surface area contributed by atoms with Gasteiger partial charge in [0.15, 0.2) is 23.1 Å². The van der Waals surface area contributed by atoms with E-state index in [2.05, 4.69) is 25.9 Å². The molecular weight excluding hydrogens is 518 g/mol. The lowest BCUT2D eigenvalue weighted by Gasteiger charge is -2.14. The lowest BCUT2D eigenvalue weighted by molar-refractivity contribution is -0.133. The minimum Gasteiger partial charge on any atom is -0.453 e. The first kappa shape index (κ1) is 23.2. The molecule has 0 unspecified atom stereocenters. The number of aromatic nitrogens is 2. The standard InChI is InChI=1S/C27H19BrF2N2O3/c28-26-14-21-19(15-32-26)22(7-10-31-21)35-23-6-3-17(11-20(23)30)13-25(34)27(8-9-27)24(33)12-16-1-4-18(29)5-2-16/h1-7,10-11,14-15H,8-9,12-13H2. The van der Waals surface area contributed by atoms with Gasteiger partial charge in [0.1, 0.15) is 16.2 Å². The second kappa shape index (κ2) is 9.26. The van der Waals surface area contributed by atoms with Crippen molar-refractivity contribution >= 4 is 38.4 Å². The Morgan fingerprint density at radius 2 is 1.57 bits per heavy atom. The highest BCUT2D eigenvalue weighted by Gasteiger charge is 2.54. The largest absolute Gasteiger partial charge is 0.453 e. The van der Waals surface area contributed by atoms with Crippen LogP contribution in [0.5, 0.6) is 11.5 Å². The summed E-state index contributed by atoms with van der Waals surface area (Å²) >= 11 is 3.29. The molecule has 176 valence electrons. The van der Waals surface area contributed by atoms with Crippen LogP contribution in [0.25, 0.3) is 10.9 Å². The summed E-state index contributed by atoms with van der Waals surface area (Å²) in [4.78, 5) is 34.3. The van der Waals surface area contributed by atoms with Gasteiger partial charge in [-0.1, -0.05) is 18.2 Å². The molecule has 0 amide bonds. The third kappa shape index (κ3) is 4.84. The van der Waals surface area contributed by atoms with Crippen LogP contribution in [0.4, 0.5) is 8.78 Å². The molecule has 2 heterocycles. The Balaban J connectivity index is 1.29. The van der Waals surface area contributed by atoms with Crippen molar-refractivity contribution < 1.29 is 23.1 Å². The topological polar surface area (TPSA) is 69.2 Å². The fraction of sp³-hybridized carbons (Fsp3) is 0.185. The molecule has 0 aliphatic heterocycles. The van der Waals surface area contributed by atoms with Crippen molar-refractivity contribution in [2.24, 2.45) is 5.41 Å². The van der Waals surface area contributed by atoms with E-state index in [1.165, 1.54) is 24.3 Å². The zero-order valence-electron chi connectivity index (χ0n) is 18.4. The van der Waals surface area contributed by atoms with E-state index < -0.39 is 11.2 Å². The predicted octanol–water partition coefficient (Wildman–Crippen LogP) is 6.17. The number of carbonyl (C=O) groups excluding carboxylic acids is 2. The van der Waals surface area contributed by atoms with Crippen molar-refractivity contribution in [2.75, 3.05) is 0 Å². The predicted molar refractivity (Wildman–Crippen MR) is 129 cm³/mol. The number of benzene rings is 2. The molecular formula is C27H19BrF2N2O3. The van der Waals surface area contributed by atoms with Gasteiger partial charge in [-0.25, -0.2) is 13.8 Å². The monoisotopic (exact) mass is 536 g/mol. The number of ketones is 2. The maximum Gasteiger partial charge on any atom is 0.166 e. The molecule has 1 aliphatic rings. The minimum atomic E-state index is -1.03. The number of halogens is 3. The average Bonchev–Trinajstić information content (AvgIpc) is 3.65. The molecule has 0 bridgehead atoms. The SMILES string of the molecule is O=C(Cc1ccc(F)cc1)C1(C(=O)Cc2ccc(Oc3ccnc4cc(Br)ncc34)c(F)c2)CC1. The first-order chi connectivity index (χ1) is 16.8. The van der Waals surface area contributed by atoms with Crippen molar-refractivity contribution in [3.05, 3.63) is 94.4 Å². The third-order valence-electron chi connectivity index (χ3n) is 6.23. The Labute approximate surface area is 208 Å². The lowest BCUT2D eigenvalue weighted by Crippen LogP contribution is -2.28. The molecule has 1 saturated carbocycles. The molecule has 5 nitrogen and oxygen atoms in total. The van der Waals surface area contributed by atoms with Crippen LogP contribution in [-0.4, -0.2) is 21.5 Å². The van der Waals surface area contributed by atoms with E-state index in [4.69, 9.17) is 4.74 Å². The number of fused-ring (bicyclic) bond motifs is 1. The number of carbonyl (C=O) groups is 2. The van der Waals surface area contributed by atoms with Crippen LogP contribution in [-0.2, 0) is 22.4 Å². The van der Waals surface area contributed by atoms with Gasteiger partial charge in [-0.2, -0.15) is 0 Å². The molecule has 1 aliphatic carbocycles. The maximum absolute atomic E-state index is 14.9. The number of nitrogens with zero attached hydrogens (tertiary/aromatic N) is 2. The second-order valence-corrected chi connectivity index (χ2v) is 9.42. The fourth-order valence-electron chi connectivity index (χ4n) is 4.09. The van der Waals surface area contributed by atoms with Gasteiger partial charge in [-0.05, 0) is 76.3 Å². The molecule has 8 heteroatoms. The summed E-state index contributed by atoms with van der Waals surface area (Å²) in [6.45, 7) is 0. The van der Waals surface area contributed by atoms with Crippen molar-refractivity contribution in [2.45, 2.75) is 25.7 Å². The molecule has 2 aromatic heterocycles. The van der Waals surface area contributed by atoms with E-state index in [1.807, 2.05) is 0 Å². The molecule has 0 atom stereocenters. The number of Topliss-reactive ketones (excluding diaryl/α,β-unsaturated/α-hetero) is 2. The molecule has 4 aromatic rings. The highest BCUT2D eigenvalue weighted by molar-refractivity contribution is 9.10. The zero-order chi connectivity index (χ0) is 24.6. The normalized spacial score (nSPS) is 14.0. The van der Waals surface area contributed by atoms with E-state index in [9.17, 15) is 18.4 Å². The molecule has 5 rings (SSSR count). The quantitative estimate of drug-likeness (QED) is 0.199. The van der Waals surface area contributed by atoms with Crippen LogP contribution in [0.15, 0.2) is 71.6 Å². The van der Waals surface area contributed by atoms with Crippen molar-refractivity contribution in [3.63, 3.8) is 0 Å². The van der Waals surface area contributed by atoms with Crippen LogP contribution >= 0.6 is 15.9 Å². The Kier molecular flexibility index (Phi) is 6.15. The molecule has 35 heavy (non-hydrogen) atoms. The number of ether oxygens (including phenoxy) is 1. The van der Waals surface area contributed by atoms with E-state index in [1.54, 1.807) is 42.7 Å². The number of pyridine rings is 2. The average molecular weight is 537 g/mol. The summed E-state index contributed by atoms with van der Waals surface area (Å²) in [7, 11) is 0. The summed E-state index contributed by atoms with van der Waals surface area (Å²) < 4.78 is 34.4. The van der Waals surface area contributed by atoms with Gasteiger partial charge in [0, 0.05) is 25.2 Å². The first-order valence-electron chi connectivity index (χ1n) is 11.0. The summed E-state index contributed by atoms with van der Waals surface area (Å²) in [6, 6.07) is 13.4. The Morgan fingerprint density at radius 1 is 0.886 bits per heavy atom. The smallest absolute Gasteiger partial charge is 0.166 e. The zero-order valence-corrected chi connectivity index (χ0v) is 20.0. The van der Waals surface area contributed by atoms with Gasteiger partial charge in [0.2, 0.25) is 0 Å².